The lowest BCUT2D eigenvalue weighted by atomic mass is 10.0. The zero-order chi connectivity index (χ0) is 59.8. The number of aliphatic hydroxyl groups is 1. The molecule has 0 aliphatic rings. The van der Waals surface area contributed by atoms with Crippen LogP contribution < -0.4 is 0 Å². The van der Waals surface area contributed by atoms with Gasteiger partial charge in [-0.3, -0.25) is 23.4 Å². The van der Waals surface area contributed by atoms with Gasteiger partial charge in [-0.05, 0) is 83.5 Å². The monoisotopic (exact) mass is 1170 g/mol. The number of ether oxygens (including phenoxy) is 3. The normalized spacial score (nSPS) is 13.7. The van der Waals surface area contributed by atoms with E-state index in [-0.39, 0.29) is 25.9 Å². The number of unbranched alkanes of at least 4 members (excludes halogenated alkanes) is 34. The molecule has 3 atom stereocenters. The fraction of sp³-hybridized carbons (Fsp3) is 0.786. The third kappa shape index (κ3) is 61.5. The molecule has 2 N–H and O–H groups in total. The van der Waals surface area contributed by atoms with Gasteiger partial charge in [0.05, 0.1) is 19.8 Å². The highest BCUT2D eigenvalue weighted by Gasteiger charge is 2.28. The first-order valence-electron chi connectivity index (χ1n) is 33.8. The van der Waals surface area contributed by atoms with E-state index in [2.05, 4.69) is 81.5 Å². The number of hydrogen-bond acceptors (Lipinski definition) is 10. The summed E-state index contributed by atoms with van der Waals surface area (Å²) < 4.78 is 39.7. The van der Waals surface area contributed by atoms with Crippen molar-refractivity contribution in [2.24, 2.45) is 0 Å². The minimum atomic E-state index is -4.77. The lowest BCUT2D eigenvalue weighted by Crippen LogP contribution is -2.30. The van der Waals surface area contributed by atoms with Crippen molar-refractivity contribution < 1.29 is 52.2 Å². The maximum atomic E-state index is 13.0. The molecule has 3 unspecified atom stereocenters. The van der Waals surface area contributed by atoms with Crippen LogP contribution in [-0.4, -0.2) is 66.5 Å². The van der Waals surface area contributed by atoms with Gasteiger partial charge in [-0.1, -0.05) is 286 Å². The van der Waals surface area contributed by atoms with Crippen LogP contribution in [0.1, 0.15) is 316 Å². The first-order valence-corrected chi connectivity index (χ1v) is 35.3. The number of phosphoric ester groups is 1. The number of esters is 3. The first-order chi connectivity index (χ1) is 40.2. The van der Waals surface area contributed by atoms with Crippen LogP contribution in [0, 0.1) is 0 Å². The van der Waals surface area contributed by atoms with Crippen LogP contribution in [0.5, 0.6) is 0 Å². The molecule has 0 aliphatic heterocycles. The highest BCUT2D eigenvalue weighted by molar-refractivity contribution is 7.47. The van der Waals surface area contributed by atoms with Crippen LogP contribution in [0.4, 0.5) is 0 Å². The van der Waals surface area contributed by atoms with E-state index in [1.165, 1.54) is 180 Å². The number of rotatable bonds is 63. The standard InChI is InChI=1S/C70H125O11P/c1-4-7-10-13-16-19-22-25-28-31-33-36-38-41-44-47-50-53-56-59-68(72)77-63-67(81-70(74)61-58-55-52-49-46-43-40-37-34-32-29-26-23-20-17-14-11-8-5-2)65-79-82(75,76)78-64-66(62-71)80-69(73)60-57-54-51-48-45-42-39-35-30-27-24-21-18-15-12-9-6-3/h9,12,18,21,25,27-28,30,39,42,48,51,66-67,71H,4-8,10-11,13-17,19-20,22-24,26,29,31-38,40-41,43-47,49-50,52-65H2,1-3H3,(H,75,76)/b12-9-,21-18-,28-25-,30-27-,42-39-,51-48-. The van der Waals surface area contributed by atoms with E-state index < -0.39 is 57.8 Å². The number of carbonyl (C=O) groups is 3. The molecule has 0 bridgehead atoms. The smallest absolute Gasteiger partial charge is 0.462 e. The second-order valence-electron chi connectivity index (χ2n) is 22.6. The fourth-order valence-electron chi connectivity index (χ4n) is 9.51. The highest BCUT2D eigenvalue weighted by Crippen LogP contribution is 2.43. The summed E-state index contributed by atoms with van der Waals surface area (Å²) in [6.07, 6.45) is 74.3. The van der Waals surface area contributed by atoms with Crippen molar-refractivity contribution in [1.29, 1.82) is 0 Å². The molecule has 0 saturated heterocycles. The SMILES string of the molecule is CC/C=C\C/C=C\C/C=C\C/C=C\C/C=C\CCCC(=O)OC(CO)COP(=O)(O)OCC(COC(=O)CCCCCCCCCCC/C=C\CCCCCCCC)OC(=O)CCCCCCCCCCCCCCCCCCCCC. The molecule has 0 saturated carbocycles. The molecule has 0 spiro atoms. The van der Waals surface area contributed by atoms with Crippen LogP contribution in [0.3, 0.4) is 0 Å². The van der Waals surface area contributed by atoms with Crippen molar-refractivity contribution in [2.45, 2.75) is 328 Å². The molecule has 0 radical (unpaired) electrons. The fourth-order valence-corrected chi connectivity index (χ4v) is 10.3. The van der Waals surface area contributed by atoms with Gasteiger partial charge in [0.1, 0.15) is 12.7 Å². The van der Waals surface area contributed by atoms with Gasteiger partial charge in [0.15, 0.2) is 6.10 Å². The predicted molar refractivity (Wildman–Crippen MR) is 344 cm³/mol. The molecule has 0 aromatic heterocycles. The summed E-state index contributed by atoms with van der Waals surface area (Å²) in [7, 11) is -4.77. The molecule has 11 nitrogen and oxygen atoms in total. The number of phosphoric acid groups is 1. The number of carbonyl (C=O) groups excluding carboxylic acids is 3. The van der Waals surface area contributed by atoms with Gasteiger partial charge in [-0.25, -0.2) is 4.57 Å². The average molecular weight is 1170 g/mol. The number of hydrogen-bond donors (Lipinski definition) is 2. The quantitative estimate of drug-likeness (QED) is 0.0197. The van der Waals surface area contributed by atoms with Crippen LogP contribution in [0.2, 0.25) is 0 Å². The van der Waals surface area contributed by atoms with Gasteiger partial charge in [0, 0.05) is 19.3 Å². The molecule has 0 aromatic carbocycles. The number of aliphatic hydroxyl groups excluding tert-OH is 1. The molecule has 82 heavy (non-hydrogen) atoms. The Morgan fingerprint density at radius 3 is 1.04 bits per heavy atom. The van der Waals surface area contributed by atoms with E-state index in [0.717, 1.165) is 70.6 Å². The molecule has 0 heterocycles. The topological polar surface area (TPSA) is 155 Å². The summed E-state index contributed by atoms with van der Waals surface area (Å²) in [5.74, 6) is -1.51. The maximum absolute atomic E-state index is 13.0. The van der Waals surface area contributed by atoms with E-state index in [0.29, 0.717) is 25.7 Å². The van der Waals surface area contributed by atoms with Crippen LogP contribution >= 0.6 is 7.82 Å². The Hall–Kier alpha value is -3.08. The molecule has 0 amide bonds. The lowest BCUT2D eigenvalue weighted by molar-refractivity contribution is -0.161. The van der Waals surface area contributed by atoms with Crippen molar-refractivity contribution in [3.63, 3.8) is 0 Å². The summed E-state index contributed by atoms with van der Waals surface area (Å²) in [4.78, 5) is 48.8. The van der Waals surface area contributed by atoms with Gasteiger partial charge in [-0.2, -0.15) is 0 Å². The number of allylic oxidation sites excluding steroid dienone is 12. The molecule has 0 aromatic rings. The molecule has 12 heteroatoms. The predicted octanol–water partition coefficient (Wildman–Crippen LogP) is 20.8. The molecule has 476 valence electrons. The van der Waals surface area contributed by atoms with Crippen molar-refractivity contribution in [3.05, 3.63) is 72.9 Å². The Kier molecular flexibility index (Phi) is 61.5. The molecular formula is C70H125O11P. The van der Waals surface area contributed by atoms with Gasteiger partial charge in [-0.15, -0.1) is 0 Å². The summed E-state index contributed by atoms with van der Waals surface area (Å²) in [5, 5.41) is 9.85. The van der Waals surface area contributed by atoms with Crippen molar-refractivity contribution in [3.8, 4) is 0 Å². The highest BCUT2D eigenvalue weighted by atomic mass is 31.2. The molecule has 0 rings (SSSR count). The molecular weight excluding hydrogens is 1050 g/mol. The maximum Gasteiger partial charge on any atom is 0.472 e. The lowest BCUT2D eigenvalue weighted by Gasteiger charge is -2.21. The first kappa shape index (κ1) is 78.9. The minimum absolute atomic E-state index is 0.0986. The van der Waals surface area contributed by atoms with Gasteiger partial charge >= 0.3 is 25.7 Å². The Morgan fingerprint density at radius 1 is 0.354 bits per heavy atom. The Balaban J connectivity index is 4.72. The third-order valence-electron chi connectivity index (χ3n) is 14.6. The largest absolute Gasteiger partial charge is 0.472 e. The van der Waals surface area contributed by atoms with Gasteiger partial charge < -0.3 is 24.2 Å². The van der Waals surface area contributed by atoms with Gasteiger partial charge in [0.25, 0.3) is 0 Å². The van der Waals surface area contributed by atoms with Gasteiger partial charge in [0.2, 0.25) is 0 Å². The van der Waals surface area contributed by atoms with E-state index in [9.17, 15) is 28.9 Å². The molecule has 0 fully saturated rings. The zero-order valence-electron chi connectivity index (χ0n) is 53.0. The zero-order valence-corrected chi connectivity index (χ0v) is 53.8. The minimum Gasteiger partial charge on any atom is -0.462 e. The van der Waals surface area contributed by atoms with Crippen LogP contribution in [0.25, 0.3) is 0 Å². The van der Waals surface area contributed by atoms with E-state index in [1.54, 1.807) is 0 Å². The van der Waals surface area contributed by atoms with E-state index in [4.69, 9.17) is 23.3 Å². The average Bonchev–Trinajstić information content (AvgIpc) is 3.49. The van der Waals surface area contributed by atoms with Crippen LogP contribution in [-0.2, 0) is 42.2 Å². The molecule has 0 aliphatic carbocycles. The third-order valence-corrected chi connectivity index (χ3v) is 15.6. The van der Waals surface area contributed by atoms with E-state index >= 15 is 0 Å². The second kappa shape index (κ2) is 63.9. The second-order valence-corrected chi connectivity index (χ2v) is 24.1. The summed E-state index contributed by atoms with van der Waals surface area (Å²) in [6, 6.07) is 0. The summed E-state index contributed by atoms with van der Waals surface area (Å²) in [6.45, 7) is 4.53. The summed E-state index contributed by atoms with van der Waals surface area (Å²) >= 11 is 0. The Bertz CT molecular complexity index is 1650. The van der Waals surface area contributed by atoms with Crippen molar-refractivity contribution >= 4 is 25.7 Å². The Labute approximate surface area is 503 Å². The van der Waals surface area contributed by atoms with Crippen molar-refractivity contribution in [2.75, 3.05) is 26.4 Å². The van der Waals surface area contributed by atoms with Crippen LogP contribution in [0.15, 0.2) is 72.9 Å². The Morgan fingerprint density at radius 2 is 0.646 bits per heavy atom. The van der Waals surface area contributed by atoms with Crippen molar-refractivity contribution in [1.82, 2.24) is 0 Å². The van der Waals surface area contributed by atoms with E-state index in [1.807, 2.05) is 12.2 Å². The summed E-state index contributed by atoms with van der Waals surface area (Å²) in [5.41, 5.74) is 0.